The molecular weight excluding hydrogens is 262 g/mol. The second-order valence-corrected chi connectivity index (χ2v) is 7.26. The maximum atomic E-state index is 12.5. The smallest absolute Gasteiger partial charge is 0.244 e. The Morgan fingerprint density at radius 2 is 2.21 bits per heavy atom. The molecule has 0 bridgehead atoms. The minimum atomic E-state index is -3.34. The predicted molar refractivity (Wildman–Crippen MR) is 75.2 cm³/mol. The third kappa shape index (κ3) is 2.85. The van der Waals surface area contributed by atoms with Gasteiger partial charge in [-0.25, -0.2) is 8.42 Å². The van der Waals surface area contributed by atoms with Gasteiger partial charge in [-0.3, -0.25) is 0 Å². The summed E-state index contributed by atoms with van der Waals surface area (Å²) >= 11 is 0. The van der Waals surface area contributed by atoms with E-state index >= 15 is 0 Å². The SMILES string of the molecule is CCCn1cc(S(=O)(=O)N2CCC(C)C2)cc1CN. The molecule has 0 radical (unpaired) electrons. The lowest BCUT2D eigenvalue weighted by Crippen LogP contribution is -2.28. The molecule has 0 saturated carbocycles. The van der Waals surface area contributed by atoms with E-state index in [0.29, 0.717) is 30.4 Å². The monoisotopic (exact) mass is 285 g/mol. The Morgan fingerprint density at radius 1 is 1.47 bits per heavy atom. The van der Waals surface area contributed by atoms with Crippen LogP contribution in [0.15, 0.2) is 17.2 Å². The number of hydrogen-bond donors (Lipinski definition) is 1. The van der Waals surface area contributed by atoms with Gasteiger partial charge in [0.2, 0.25) is 10.0 Å². The zero-order valence-corrected chi connectivity index (χ0v) is 12.5. The largest absolute Gasteiger partial charge is 0.349 e. The summed E-state index contributed by atoms with van der Waals surface area (Å²) in [5.41, 5.74) is 6.57. The zero-order valence-electron chi connectivity index (χ0n) is 11.7. The van der Waals surface area contributed by atoms with E-state index in [1.165, 1.54) is 0 Å². The third-order valence-electron chi connectivity index (χ3n) is 3.66. The second-order valence-electron chi connectivity index (χ2n) is 5.32. The molecule has 2 N–H and O–H groups in total. The van der Waals surface area contributed by atoms with Crippen LogP contribution < -0.4 is 5.73 Å². The van der Waals surface area contributed by atoms with E-state index in [0.717, 1.165) is 25.1 Å². The van der Waals surface area contributed by atoms with Gasteiger partial charge in [0.15, 0.2) is 0 Å². The van der Waals surface area contributed by atoms with Gasteiger partial charge in [0, 0.05) is 38.1 Å². The van der Waals surface area contributed by atoms with E-state index in [2.05, 4.69) is 13.8 Å². The van der Waals surface area contributed by atoms with E-state index in [4.69, 9.17) is 5.73 Å². The summed E-state index contributed by atoms with van der Waals surface area (Å²) in [6, 6.07) is 1.72. The first-order valence-corrected chi connectivity index (χ1v) is 8.32. The minimum Gasteiger partial charge on any atom is -0.349 e. The summed E-state index contributed by atoms with van der Waals surface area (Å²) in [5, 5.41) is 0. The second kappa shape index (κ2) is 5.64. The summed E-state index contributed by atoms with van der Waals surface area (Å²) in [7, 11) is -3.34. The topological polar surface area (TPSA) is 68.3 Å². The molecule has 5 nitrogen and oxygen atoms in total. The fourth-order valence-corrected chi connectivity index (χ4v) is 4.19. The minimum absolute atomic E-state index is 0.367. The first kappa shape index (κ1) is 14.6. The molecule has 0 aromatic carbocycles. The van der Waals surface area contributed by atoms with Gasteiger partial charge in [0.1, 0.15) is 4.90 Å². The lowest BCUT2D eigenvalue weighted by molar-refractivity contribution is 0.464. The number of nitrogens with zero attached hydrogens (tertiary/aromatic N) is 2. The van der Waals surface area contributed by atoms with Crippen molar-refractivity contribution in [3.05, 3.63) is 18.0 Å². The Hall–Kier alpha value is -0.850. The van der Waals surface area contributed by atoms with Crippen molar-refractivity contribution in [1.82, 2.24) is 8.87 Å². The molecule has 1 aliphatic rings. The molecule has 1 fully saturated rings. The van der Waals surface area contributed by atoms with Gasteiger partial charge >= 0.3 is 0 Å². The van der Waals surface area contributed by atoms with Gasteiger partial charge in [-0.15, -0.1) is 0 Å². The van der Waals surface area contributed by atoms with Crippen LogP contribution in [0.1, 0.15) is 32.4 Å². The number of rotatable bonds is 5. The summed E-state index contributed by atoms with van der Waals surface area (Å²) < 4.78 is 28.6. The van der Waals surface area contributed by atoms with Crippen LogP contribution in [-0.2, 0) is 23.1 Å². The molecule has 1 saturated heterocycles. The highest BCUT2D eigenvalue weighted by molar-refractivity contribution is 7.89. The van der Waals surface area contributed by atoms with Crippen molar-refractivity contribution in [3.8, 4) is 0 Å². The standard InChI is InChI=1S/C13H23N3O2S/c1-3-5-15-10-13(7-12(15)8-14)19(17,18)16-6-4-11(2)9-16/h7,10-11H,3-6,8-9,14H2,1-2H3. The van der Waals surface area contributed by atoms with Gasteiger partial charge in [-0.1, -0.05) is 13.8 Å². The molecule has 1 aromatic heterocycles. The molecule has 19 heavy (non-hydrogen) atoms. The molecule has 1 unspecified atom stereocenters. The maximum Gasteiger partial charge on any atom is 0.244 e. The van der Waals surface area contributed by atoms with Crippen LogP contribution in [0.3, 0.4) is 0 Å². The summed E-state index contributed by atoms with van der Waals surface area (Å²) in [6.45, 7) is 6.57. The Labute approximate surface area is 115 Å². The van der Waals surface area contributed by atoms with E-state index in [-0.39, 0.29) is 0 Å². The lowest BCUT2D eigenvalue weighted by atomic mass is 10.2. The highest BCUT2D eigenvalue weighted by Crippen LogP contribution is 2.25. The van der Waals surface area contributed by atoms with Crippen LogP contribution in [0.2, 0.25) is 0 Å². The fourth-order valence-electron chi connectivity index (χ4n) is 2.55. The van der Waals surface area contributed by atoms with E-state index in [1.807, 2.05) is 4.57 Å². The van der Waals surface area contributed by atoms with Gasteiger partial charge in [-0.2, -0.15) is 4.31 Å². The normalized spacial score (nSPS) is 21.1. The molecule has 108 valence electrons. The average molecular weight is 285 g/mol. The predicted octanol–water partition coefficient (Wildman–Crippen LogP) is 1.39. The fraction of sp³-hybridized carbons (Fsp3) is 0.692. The van der Waals surface area contributed by atoms with E-state index in [9.17, 15) is 8.42 Å². The van der Waals surface area contributed by atoms with Crippen LogP contribution in [0, 0.1) is 5.92 Å². The Balaban J connectivity index is 2.30. The van der Waals surface area contributed by atoms with Crippen LogP contribution in [0.5, 0.6) is 0 Å². The molecular formula is C13H23N3O2S. The zero-order chi connectivity index (χ0) is 14.0. The van der Waals surface area contributed by atoms with Crippen molar-refractivity contribution in [1.29, 1.82) is 0 Å². The van der Waals surface area contributed by atoms with Crippen molar-refractivity contribution >= 4 is 10.0 Å². The van der Waals surface area contributed by atoms with Crippen LogP contribution >= 0.6 is 0 Å². The molecule has 0 spiro atoms. The van der Waals surface area contributed by atoms with Crippen LogP contribution in [0.25, 0.3) is 0 Å². The summed E-state index contributed by atoms with van der Waals surface area (Å²) in [5.74, 6) is 0.446. The van der Waals surface area contributed by atoms with Gasteiger partial charge < -0.3 is 10.3 Å². The van der Waals surface area contributed by atoms with Crippen molar-refractivity contribution in [3.63, 3.8) is 0 Å². The summed E-state index contributed by atoms with van der Waals surface area (Å²) in [4.78, 5) is 0.385. The van der Waals surface area contributed by atoms with E-state index in [1.54, 1.807) is 16.6 Å². The summed E-state index contributed by atoms with van der Waals surface area (Å²) in [6.07, 6.45) is 3.63. The van der Waals surface area contributed by atoms with Crippen molar-refractivity contribution in [2.75, 3.05) is 13.1 Å². The number of sulfonamides is 1. The van der Waals surface area contributed by atoms with Crippen molar-refractivity contribution < 1.29 is 8.42 Å². The highest BCUT2D eigenvalue weighted by atomic mass is 32.2. The van der Waals surface area contributed by atoms with Crippen LogP contribution in [0.4, 0.5) is 0 Å². The number of aryl methyl sites for hydroxylation is 1. The van der Waals surface area contributed by atoms with Gasteiger partial charge in [0.05, 0.1) is 0 Å². The first-order valence-electron chi connectivity index (χ1n) is 6.88. The van der Waals surface area contributed by atoms with E-state index < -0.39 is 10.0 Å². The highest BCUT2D eigenvalue weighted by Gasteiger charge is 2.31. The molecule has 1 aromatic rings. The third-order valence-corrected chi connectivity index (χ3v) is 5.49. The molecule has 2 rings (SSSR count). The van der Waals surface area contributed by atoms with Gasteiger partial charge in [-0.05, 0) is 24.8 Å². The van der Waals surface area contributed by atoms with Crippen LogP contribution in [-0.4, -0.2) is 30.4 Å². The number of aromatic nitrogens is 1. The Bertz CT molecular complexity index is 536. The van der Waals surface area contributed by atoms with Gasteiger partial charge in [0.25, 0.3) is 0 Å². The first-order chi connectivity index (χ1) is 8.98. The number of hydrogen-bond acceptors (Lipinski definition) is 3. The molecule has 0 aliphatic carbocycles. The molecule has 6 heteroatoms. The van der Waals surface area contributed by atoms with Crippen molar-refractivity contribution in [2.24, 2.45) is 11.7 Å². The molecule has 1 atom stereocenters. The van der Waals surface area contributed by atoms with Crippen molar-refractivity contribution in [2.45, 2.75) is 44.7 Å². The molecule has 1 aliphatic heterocycles. The lowest BCUT2D eigenvalue weighted by Gasteiger charge is -2.14. The Kier molecular flexibility index (Phi) is 4.32. The maximum absolute atomic E-state index is 12.5. The average Bonchev–Trinajstić information content (AvgIpc) is 2.96. The number of nitrogens with two attached hydrogens (primary N) is 1. The Morgan fingerprint density at radius 3 is 2.74 bits per heavy atom. The molecule has 0 amide bonds. The quantitative estimate of drug-likeness (QED) is 0.889. The molecule has 2 heterocycles.